The van der Waals surface area contributed by atoms with Crippen molar-refractivity contribution < 1.29 is 9.90 Å². The molecule has 0 aromatic carbocycles. The molecular formula is C13H25NO2. The van der Waals surface area contributed by atoms with Crippen molar-refractivity contribution in [1.82, 2.24) is 4.90 Å². The van der Waals surface area contributed by atoms with Crippen molar-refractivity contribution in [2.45, 2.75) is 64.5 Å². The molecule has 0 amide bonds. The number of hydrogen-bond acceptors (Lipinski definition) is 2. The first-order chi connectivity index (χ1) is 7.38. The van der Waals surface area contributed by atoms with Crippen molar-refractivity contribution in [2.75, 3.05) is 7.05 Å². The van der Waals surface area contributed by atoms with Gasteiger partial charge in [0.1, 0.15) is 5.54 Å². The fourth-order valence-corrected chi connectivity index (χ4v) is 2.87. The Morgan fingerprint density at radius 2 is 1.94 bits per heavy atom. The van der Waals surface area contributed by atoms with Crippen LogP contribution in [0, 0.1) is 5.92 Å². The first-order valence-corrected chi connectivity index (χ1v) is 6.34. The predicted octanol–water partition coefficient (Wildman–Crippen LogP) is 2.75. The first-order valence-electron chi connectivity index (χ1n) is 6.34. The molecule has 16 heavy (non-hydrogen) atoms. The average Bonchev–Trinajstić information content (AvgIpc) is 2.67. The molecule has 1 unspecified atom stereocenters. The van der Waals surface area contributed by atoms with Crippen LogP contribution in [0.3, 0.4) is 0 Å². The standard InChI is InChI=1S/C13H25NO2/c1-10(2)9-13(3,12(15)16)14(4)11-7-5-6-8-11/h10-11H,5-9H2,1-4H3,(H,15,16). The van der Waals surface area contributed by atoms with Gasteiger partial charge in [-0.25, -0.2) is 0 Å². The Balaban J connectivity index is 2.78. The van der Waals surface area contributed by atoms with E-state index >= 15 is 0 Å². The fraction of sp³-hybridized carbons (Fsp3) is 0.923. The molecule has 0 radical (unpaired) electrons. The summed E-state index contributed by atoms with van der Waals surface area (Å²) in [6.45, 7) is 6.04. The van der Waals surface area contributed by atoms with E-state index in [1.807, 2.05) is 14.0 Å². The molecule has 1 saturated carbocycles. The Kier molecular flexibility index (Phi) is 4.36. The van der Waals surface area contributed by atoms with E-state index in [0.29, 0.717) is 12.0 Å². The Labute approximate surface area is 98.8 Å². The lowest BCUT2D eigenvalue weighted by Gasteiger charge is -2.40. The monoisotopic (exact) mass is 227 g/mol. The minimum absolute atomic E-state index is 0.407. The lowest BCUT2D eigenvalue weighted by Crippen LogP contribution is -2.54. The van der Waals surface area contributed by atoms with Gasteiger partial charge in [0.25, 0.3) is 0 Å². The summed E-state index contributed by atoms with van der Waals surface area (Å²) in [7, 11) is 1.98. The summed E-state index contributed by atoms with van der Waals surface area (Å²) in [5.41, 5.74) is -0.705. The average molecular weight is 227 g/mol. The summed E-state index contributed by atoms with van der Waals surface area (Å²) >= 11 is 0. The van der Waals surface area contributed by atoms with Crippen molar-refractivity contribution in [3.05, 3.63) is 0 Å². The molecule has 1 N–H and O–H groups in total. The van der Waals surface area contributed by atoms with Crippen LogP contribution in [-0.2, 0) is 4.79 Å². The topological polar surface area (TPSA) is 40.5 Å². The van der Waals surface area contributed by atoms with Gasteiger partial charge in [-0.2, -0.15) is 0 Å². The van der Waals surface area contributed by atoms with Gasteiger partial charge in [-0.05, 0) is 39.2 Å². The van der Waals surface area contributed by atoms with Crippen molar-refractivity contribution in [2.24, 2.45) is 5.92 Å². The molecule has 3 nitrogen and oxygen atoms in total. The SMILES string of the molecule is CC(C)CC(C)(C(=O)O)N(C)C1CCCC1. The van der Waals surface area contributed by atoms with Crippen LogP contribution in [-0.4, -0.2) is 34.6 Å². The molecule has 94 valence electrons. The third-order valence-electron chi connectivity index (χ3n) is 3.92. The second kappa shape index (κ2) is 5.17. The van der Waals surface area contributed by atoms with Gasteiger partial charge >= 0.3 is 5.97 Å². The Morgan fingerprint density at radius 3 is 2.31 bits per heavy atom. The van der Waals surface area contributed by atoms with E-state index in [4.69, 9.17) is 0 Å². The number of carbonyl (C=O) groups is 1. The van der Waals surface area contributed by atoms with Gasteiger partial charge in [-0.15, -0.1) is 0 Å². The van der Waals surface area contributed by atoms with Crippen molar-refractivity contribution in [3.63, 3.8) is 0 Å². The Hall–Kier alpha value is -0.570. The quantitative estimate of drug-likeness (QED) is 0.785. The van der Waals surface area contributed by atoms with Crippen LogP contribution in [0.15, 0.2) is 0 Å². The molecule has 1 aliphatic carbocycles. The lowest BCUT2D eigenvalue weighted by atomic mass is 9.88. The molecule has 0 spiro atoms. The van der Waals surface area contributed by atoms with Gasteiger partial charge in [0, 0.05) is 6.04 Å². The largest absolute Gasteiger partial charge is 0.480 e. The van der Waals surface area contributed by atoms with Gasteiger partial charge in [0.15, 0.2) is 0 Å². The van der Waals surface area contributed by atoms with Crippen LogP contribution in [0.5, 0.6) is 0 Å². The molecule has 1 fully saturated rings. The maximum atomic E-state index is 11.5. The zero-order chi connectivity index (χ0) is 12.3. The molecule has 1 aliphatic rings. The fourth-order valence-electron chi connectivity index (χ4n) is 2.87. The Bertz CT molecular complexity index is 246. The number of aliphatic carboxylic acids is 1. The number of carboxylic acid groups (broad SMARTS) is 1. The van der Waals surface area contributed by atoms with Crippen molar-refractivity contribution in [1.29, 1.82) is 0 Å². The van der Waals surface area contributed by atoms with E-state index in [2.05, 4.69) is 18.7 Å². The normalized spacial score (nSPS) is 21.6. The maximum absolute atomic E-state index is 11.5. The smallest absolute Gasteiger partial charge is 0.323 e. The van der Waals surface area contributed by atoms with Crippen molar-refractivity contribution >= 4 is 5.97 Å². The molecule has 3 heteroatoms. The third-order valence-corrected chi connectivity index (χ3v) is 3.92. The van der Waals surface area contributed by atoms with E-state index < -0.39 is 11.5 Å². The van der Waals surface area contributed by atoms with E-state index in [9.17, 15) is 9.90 Å². The van der Waals surface area contributed by atoms with Crippen LogP contribution in [0.1, 0.15) is 52.9 Å². The first kappa shape index (κ1) is 13.5. The maximum Gasteiger partial charge on any atom is 0.323 e. The minimum Gasteiger partial charge on any atom is -0.480 e. The summed E-state index contributed by atoms with van der Waals surface area (Å²) in [6, 6.07) is 0.458. The number of nitrogens with zero attached hydrogens (tertiary/aromatic N) is 1. The van der Waals surface area contributed by atoms with Crippen molar-refractivity contribution in [3.8, 4) is 0 Å². The van der Waals surface area contributed by atoms with Gasteiger partial charge in [0.2, 0.25) is 0 Å². The number of carboxylic acids is 1. The molecule has 1 rings (SSSR count). The van der Waals surface area contributed by atoms with Crippen LogP contribution in [0.4, 0.5) is 0 Å². The number of likely N-dealkylation sites (N-methyl/N-ethyl adjacent to an activating group) is 1. The highest BCUT2D eigenvalue weighted by molar-refractivity contribution is 5.78. The molecule has 0 aromatic rings. The van der Waals surface area contributed by atoms with Gasteiger partial charge in [-0.1, -0.05) is 26.7 Å². The van der Waals surface area contributed by atoms with Gasteiger partial charge < -0.3 is 5.11 Å². The zero-order valence-corrected chi connectivity index (χ0v) is 11.0. The van der Waals surface area contributed by atoms with E-state index in [-0.39, 0.29) is 0 Å². The summed E-state index contributed by atoms with van der Waals surface area (Å²) in [5, 5.41) is 9.47. The Morgan fingerprint density at radius 1 is 1.44 bits per heavy atom. The molecule has 0 aromatic heterocycles. The summed E-state index contributed by atoms with van der Waals surface area (Å²) in [6.07, 6.45) is 5.50. The zero-order valence-electron chi connectivity index (χ0n) is 11.0. The number of rotatable bonds is 5. The molecule has 0 saturated heterocycles. The van der Waals surface area contributed by atoms with Crippen LogP contribution in [0.2, 0.25) is 0 Å². The second-order valence-corrected chi connectivity index (χ2v) is 5.73. The predicted molar refractivity (Wildman–Crippen MR) is 65.5 cm³/mol. The summed E-state index contributed by atoms with van der Waals surface area (Å²) in [4.78, 5) is 13.6. The second-order valence-electron chi connectivity index (χ2n) is 5.73. The molecule has 1 atom stereocenters. The highest BCUT2D eigenvalue weighted by Gasteiger charge is 2.41. The van der Waals surface area contributed by atoms with Gasteiger partial charge in [-0.3, -0.25) is 9.69 Å². The van der Waals surface area contributed by atoms with E-state index in [1.165, 1.54) is 12.8 Å². The minimum atomic E-state index is -0.705. The van der Waals surface area contributed by atoms with Crippen LogP contribution >= 0.6 is 0 Å². The highest BCUT2D eigenvalue weighted by Crippen LogP contribution is 2.31. The molecule has 0 bridgehead atoms. The number of hydrogen-bond donors (Lipinski definition) is 1. The third kappa shape index (κ3) is 2.76. The van der Waals surface area contributed by atoms with Crippen LogP contribution in [0.25, 0.3) is 0 Å². The molecule has 0 aliphatic heterocycles. The summed E-state index contributed by atoms with van der Waals surface area (Å²) < 4.78 is 0. The molecular weight excluding hydrogens is 202 g/mol. The lowest BCUT2D eigenvalue weighted by molar-refractivity contribution is -0.152. The summed E-state index contributed by atoms with van der Waals surface area (Å²) in [5.74, 6) is -0.277. The van der Waals surface area contributed by atoms with Crippen LogP contribution < -0.4 is 0 Å². The molecule has 0 heterocycles. The van der Waals surface area contributed by atoms with E-state index in [0.717, 1.165) is 19.3 Å². The highest BCUT2D eigenvalue weighted by atomic mass is 16.4. The van der Waals surface area contributed by atoms with Gasteiger partial charge in [0.05, 0.1) is 0 Å². The van der Waals surface area contributed by atoms with E-state index in [1.54, 1.807) is 0 Å².